The lowest BCUT2D eigenvalue weighted by Crippen LogP contribution is -2.34. The van der Waals surface area contributed by atoms with E-state index in [-0.39, 0.29) is 11.3 Å². The number of nitrogens with one attached hydrogen (secondary N) is 1. The van der Waals surface area contributed by atoms with Crippen molar-refractivity contribution >= 4 is 27.5 Å². The van der Waals surface area contributed by atoms with Crippen molar-refractivity contribution in [1.82, 2.24) is 9.88 Å². The first-order valence-corrected chi connectivity index (χ1v) is 10.2. The van der Waals surface area contributed by atoms with Crippen molar-refractivity contribution < 1.29 is 9.90 Å². The van der Waals surface area contributed by atoms with Gasteiger partial charge in [-0.2, -0.15) is 0 Å². The van der Waals surface area contributed by atoms with Crippen LogP contribution in [0, 0.1) is 0 Å². The second-order valence-corrected chi connectivity index (χ2v) is 7.47. The Morgan fingerprint density at radius 3 is 2.67 bits per heavy atom. The lowest BCUT2D eigenvalue weighted by molar-refractivity contribution is 0.0948. The Morgan fingerprint density at radius 1 is 1.15 bits per heavy atom. The Morgan fingerprint density at radius 2 is 1.93 bits per heavy atom. The largest absolute Gasteiger partial charge is 0.505 e. The number of pyridine rings is 1. The number of nitrogens with zero attached hydrogens (tertiary/aromatic N) is 1. The molecule has 0 fully saturated rings. The van der Waals surface area contributed by atoms with E-state index in [4.69, 9.17) is 0 Å². The molecule has 2 heterocycles. The fraction of sp³-hybridized carbons (Fsp3) is 0.333. The molecular formula is C21H24N2O3S. The molecule has 1 amide bonds. The fourth-order valence-corrected chi connectivity index (χ4v) is 3.97. The molecule has 1 aromatic carbocycles. The minimum atomic E-state index is -0.508. The Labute approximate surface area is 162 Å². The highest BCUT2D eigenvalue weighted by Gasteiger charge is 2.22. The molecule has 0 spiro atoms. The molecular weight excluding hydrogens is 360 g/mol. The van der Waals surface area contributed by atoms with E-state index >= 15 is 0 Å². The van der Waals surface area contributed by atoms with E-state index in [1.54, 1.807) is 10.6 Å². The van der Waals surface area contributed by atoms with E-state index < -0.39 is 11.5 Å². The number of carbonyl (C=O) groups excluding carboxylic acids is 1. The molecule has 142 valence electrons. The molecule has 0 aliphatic rings. The first-order valence-electron chi connectivity index (χ1n) is 9.28. The summed E-state index contributed by atoms with van der Waals surface area (Å²) in [4.78, 5) is 25.6. The quantitative estimate of drug-likeness (QED) is 0.574. The number of aromatic nitrogens is 1. The van der Waals surface area contributed by atoms with Crippen molar-refractivity contribution in [2.75, 3.05) is 6.54 Å². The van der Waals surface area contributed by atoms with Crippen molar-refractivity contribution in [3.8, 4) is 5.75 Å². The van der Waals surface area contributed by atoms with Crippen LogP contribution in [0.3, 0.4) is 0 Å². The maximum absolute atomic E-state index is 13.0. The van der Waals surface area contributed by atoms with Crippen LogP contribution in [0.15, 0.2) is 46.6 Å². The van der Waals surface area contributed by atoms with Crippen molar-refractivity contribution in [2.24, 2.45) is 0 Å². The van der Waals surface area contributed by atoms with Crippen molar-refractivity contribution in [1.29, 1.82) is 0 Å². The number of unbranched alkanes of at least 4 members (excludes halogenated alkanes) is 3. The number of benzene rings is 1. The smallest absolute Gasteiger partial charge is 0.268 e. The minimum Gasteiger partial charge on any atom is -0.505 e. The van der Waals surface area contributed by atoms with E-state index in [1.807, 2.05) is 35.7 Å². The summed E-state index contributed by atoms with van der Waals surface area (Å²) >= 11 is 1.32. The number of fused-ring (bicyclic) bond motifs is 1. The van der Waals surface area contributed by atoms with Gasteiger partial charge in [-0.25, -0.2) is 0 Å². The first kappa shape index (κ1) is 19.2. The zero-order valence-corrected chi connectivity index (χ0v) is 16.2. The molecule has 0 saturated carbocycles. The van der Waals surface area contributed by atoms with Gasteiger partial charge in [-0.15, -0.1) is 11.3 Å². The van der Waals surface area contributed by atoms with Crippen LogP contribution < -0.4 is 10.9 Å². The van der Waals surface area contributed by atoms with Crippen LogP contribution in [-0.2, 0) is 6.54 Å². The van der Waals surface area contributed by atoms with Crippen LogP contribution in [0.5, 0.6) is 5.75 Å². The monoisotopic (exact) mass is 384 g/mol. The zero-order valence-electron chi connectivity index (χ0n) is 15.4. The van der Waals surface area contributed by atoms with E-state index in [0.29, 0.717) is 23.3 Å². The molecule has 0 radical (unpaired) electrons. The lowest BCUT2D eigenvalue weighted by atomic mass is 10.1. The molecule has 0 unspecified atom stereocenters. The number of rotatable bonds is 8. The van der Waals surface area contributed by atoms with Crippen LogP contribution in [0.25, 0.3) is 10.2 Å². The lowest BCUT2D eigenvalue weighted by Gasteiger charge is -2.13. The molecule has 2 aromatic heterocycles. The Hall–Kier alpha value is -2.60. The molecule has 0 bridgehead atoms. The van der Waals surface area contributed by atoms with E-state index in [2.05, 4.69) is 12.2 Å². The molecule has 0 atom stereocenters. The first-order chi connectivity index (χ1) is 13.1. The molecule has 3 rings (SSSR count). The van der Waals surface area contributed by atoms with E-state index in [9.17, 15) is 14.7 Å². The number of aromatic hydroxyl groups is 1. The molecule has 0 aliphatic carbocycles. The number of thiophene rings is 1. The van der Waals surface area contributed by atoms with Gasteiger partial charge in [-0.1, -0.05) is 56.5 Å². The third kappa shape index (κ3) is 4.22. The Bertz CT molecular complexity index is 976. The highest BCUT2D eigenvalue weighted by atomic mass is 32.1. The summed E-state index contributed by atoms with van der Waals surface area (Å²) < 4.78 is 2.12. The predicted octanol–water partition coefficient (Wildman–Crippen LogP) is 4.13. The van der Waals surface area contributed by atoms with Gasteiger partial charge in [0, 0.05) is 6.54 Å². The molecule has 2 N–H and O–H groups in total. The van der Waals surface area contributed by atoms with Crippen LogP contribution in [0.4, 0.5) is 0 Å². The summed E-state index contributed by atoms with van der Waals surface area (Å²) in [6, 6.07) is 11.4. The zero-order chi connectivity index (χ0) is 19.2. The molecule has 0 saturated heterocycles. The Balaban J connectivity index is 1.93. The maximum atomic E-state index is 13.0. The molecule has 5 nitrogen and oxygen atoms in total. The number of amides is 1. The normalized spacial score (nSPS) is 11.0. The van der Waals surface area contributed by atoms with Crippen molar-refractivity contribution in [3.05, 3.63) is 63.3 Å². The van der Waals surface area contributed by atoms with Gasteiger partial charge in [0.15, 0.2) is 5.75 Å². The van der Waals surface area contributed by atoms with Crippen LogP contribution in [0.2, 0.25) is 0 Å². The summed E-state index contributed by atoms with van der Waals surface area (Å²) in [5.74, 6) is -0.730. The summed E-state index contributed by atoms with van der Waals surface area (Å²) in [5.41, 5.74) is 0.972. The van der Waals surface area contributed by atoms with Crippen LogP contribution in [-0.4, -0.2) is 22.1 Å². The summed E-state index contributed by atoms with van der Waals surface area (Å²) in [6.07, 6.45) is 4.13. The van der Waals surface area contributed by atoms with Gasteiger partial charge in [0.05, 0.1) is 16.8 Å². The minimum absolute atomic E-state index is 0.170. The van der Waals surface area contributed by atoms with Crippen molar-refractivity contribution in [3.63, 3.8) is 0 Å². The SMILES string of the molecule is CCCCCCNC(=O)c1c(O)c2sccc2n(Cc2ccccc2)c1=O. The average Bonchev–Trinajstić information content (AvgIpc) is 3.16. The van der Waals surface area contributed by atoms with Gasteiger partial charge in [0.1, 0.15) is 5.56 Å². The summed E-state index contributed by atoms with van der Waals surface area (Å²) in [5, 5.41) is 15.2. The molecule has 27 heavy (non-hydrogen) atoms. The highest BCUT2D eigenvalue weighted by Crippen LogP contribution is 2.31. The maximum Gasteiger partial charge on any atom is 0.268 e. The highest BCUT2D eigenvalue weighted by molar-refractivity contribution is 7.17. The van der Waals surface area contributed by atoms with Crippen LogP contribution >= 0.6 is 11.3 Å². The molecule has 0 aliphatic heterocycles. The van der Waals surface area contributed by atoms with Gasteiger partial charge < -0.3 is 15.0 Å². The van der Waals surface area contributed by atoms with Crippen LogP contribution in [0.1, 0.15) is 48.5 Å². The third-order valence-corrected chi connectivity index (χ3v) is 5.48. The van der Waals surface area contributed by atoms with E-state index in [0.717, 1.165) is 31.2 Å². The van der Waals surface area contributed by atoms with Gasteiger partial charge in [-0.05, 0) is 23.4 Å². The number of carbonyl (C=O) groups is 1. The van der Waals surface area contributed by atoms with Gasteiger partial charge in [0.2, 0.25) is 0 Å². The summed E-state index contributed by atoms with van der Waals surface area (Å²) in [6.45, 7) is 2.98. The summed E-state index contributed by atoms with van der Waals surface area (Å²) in [7, 11) is 0. The fourth-order valence-electron chi connectivity index (χ4n) is 3.12. The van der Waals surface area contributed by atoms with Gasteiger partial charge in [-0.3, -0.25) is 9.59 Å². The average molecular weight is 385 g/mol. The Kier molecular flexibility index (Phi) is 6.29. The second kappa shape index (κ2) is 8.86. The van der Waals surface area contributed by atoms with Gasteiger partial charge >= 0.3 is 0 Å². The standard InChI is InChI=1S/C21H24N2O3S/c1-2-3-4-8-12-22-20(25)17-18(24)19-16(11-13-27-19)23(21(17)26)14-15-9-6-5-7-10-15/h5-7,9-11,13,24H,2-4,8,12,14H2,1H3,(H,22,25). The van der Waals surface area contributed by atoms with Crippen molar-refractivity contribution in [2.45, 2.75) is 39.2 Å². The topological polar surface area (TPSA) is 71.3 Å². The van der Waals surface area contributed by atoms with E-state index in [1.165, 1.54) is 11.3 Å². The van der Waals surface area contributed by atoms with Gasteiger partial charge in [0.25, 0.3) is 11.5 Å². The second-order valence-electron chi connectivity index (χ2n) is 6.55. The third-order valence-electron chi connectivity index (χ3n) is 4.57. The molecule has 6 heteroatoms. The number of hydrogen-bond donors (Lipinski definition) is 2. The number of hydrogen-bond acceptors (Lipinski definition) is 4. The molecule has 3 aromatic rings. The predicted molar refractivity (Wildman–Crippen MR) is 110 cm³/mol.